The highest BCUT2D eigenvalue weighted by Crippen LogP contribution is 2.19. The summed E-state index contributed by atoms with van der Waals surface area (Å²) in [6.07, 6.45) is 1.25. The molecule has 0 spiro atoms. The molecule has 2 aliphatic rings. The maximum absolute atomic E-state index is 11.5. The maximum atomic E-state index is 11.5. The lowest BCUT2D eigenvalue weighted by Gasteiger charge is -1.89. The number of aromatic amines is 1. The Morgan fingerprint density at radius 1 is 1.19 bits per heavy atom. The lowest BCUT2D eigenvalue weighted by atomic mass is 10.1. The molecule has 0 aromatic heterocycles. The molecule has 1 aliphatic heterocycles. The summed E-state index contributed by atoms with van der Waals surface area (Å²) >= 11 is 0. The van der Waals surface area contributed by atoms with Crippen LogP contribution in [-0.2, 0) is 0 Å². The second kappa shape index (κ2) is 5.50. The predicted octanol–water partition coefficient (Wildman–Crippen LogP) is 3.51. The van der Waals surface area contributed by atoms with E-state index < -0.39 is 0 Å². The van der Waals surface area contributed by atoms with Gasteiger partial charge in [-0.1, -0.05) is 32.4 Å². The van der Waals surface area contributed by atoms with Crippen molar-refractivity contribution in [2.75, 3.05) is 0 Å². The summed E-state index contributed by atoms with van der Waals surface area (Å²) in [4.78, 5) is 14.4. The van der Waals surface area contributed by atoms with Crippen molar-refractivity contribution in [1.29, 1.82) is 0 Å². The molecule has 0 amide bonds. The molecule has 86 valence electrons. The number of fused-ring (bicyclic) bond motifs is 1. The van der Waals surface area contributed by atoms with E-state index in [2.05, 4.69) is 18.8 Å². The van der Waals surface area contributed by atoms with Gasteiger partial charge < -0.3 is 4.98 Å². The second-order valence-electron chi connectivity index (χ2n) is 4.01. The third kappa shape index (κ3) is 2.72. The van der Waals surface area contributed by atoms with Crippen molar-refractivity contribution in [2.45, 2.75) is 34.1 Å². The Labute approximate surface area is 96.7 Å². The van der Waals surface area contributed by atoms with Crippen LogP contribution in [0.5, 0.6) is 0 Å². The molecule has 0 fully saturated rings. The normalized spacial score (nSPS) is 9.75. The molecule has 16 heavy (non-hydrogen) atoms. The maximum Gasteiger partial charge on any atom is 0.251 e. The number of hydrogen-bond donors (Lipinski definition) is 1. The van der Waals surface area contributed by atoms with Crippen molar-refractivity contribution >= 4 is 0 Å². The van der Waals surface area contributed by atoms with Crippen molar-refractivity contribution < 1.29 is 0 Å². The molecule has 0 atom stereocenters. The standard InChI is InChI=1S/C11H11NO.C3H8/c1-7-6-9-4-3-5-10(9)12-11(13)8(7)2;1-3-2/h3-6H,1-2H3,(H,12,13);3H2,1-2H3. The van der Waals surface area contributed by atoms with Crippen LogP contribution in [-0.4, -0.2) is 4.98 Å². The van der Waals surface area contributed by atoms with E-state index in [0.717, 1.165) is 22.4 Å². The summed E-state index contributed by atoms with van der Waals surface area (Å²) < 4.78 is 0. The van der Waals surface area contributed by atoms with Gasteiger partial charge in [0.2, 0.25) is 0 Å². The first-order valence-electron chi connectivity index (χ1n) is 5.69. The minimum Gasteiger partial charge on any atom is -0.322 e. The molecule has 1 heterocycles. The van der Waals surface area contributed by atoms with Gasteiger partial charge in [-0.25, -0.2) is 0 Å². The van der Waals surface area contributed by atoms with Crippen LogP contribution in [0.3, 0.4) is 0 Å². The van der Waals surface area contributed by atoms with E-state index in [1.54, 1.807) is 0 Å². The lowest BCUT2D eigenvalue weighted by Crippen LogP contribution is -2.06. The first-order valence-corrected chi connectivity index (χ1v) is 5.69. The van der Waals surface area contributed by atoms with Gasteiger partial charge >= 0.3 is 0 Å². The van der Waals surface area contributed by atoms with Crippen molar-refractivity contribution in [3.63, 3.8) is 0 Å². The van der Waals surface area contributed by atoms with E-state index in [9.17, 15) is 4.79 Å². The molecule has 1 N–H and O–H groups in total. The van der Waals surface area contributed by atoms with Crippen LogP contribution >= 0.6 is 0 Å². The molecule has 0 saturated heterocycles. The Bertz CT molecular complexity index is 485. The molecule has 0 bridgehead atoms. The molecular weight excluding hydrogens is 198 g/mol. The van der Waals surface area contributed by atoms with E-state index in [1.807, 2.05) is 38.1 Å². The monoisotopic (exact) mass is 217 g/mol. The van der Waals surface area contributed by atoms with Crippen LogP contribution < -0.4 is 5.56 Å². The quantitative estimate of drug-likeness (QED) is 0.719. The largest absolute Gasteiger partial charge is 0.322 e. The molecule has 2 heteroatoms. The Balaban J connectivity index is 0.000000386. The molecule has 2 rings (SSSR count). The SMILES string of the molecule is CCC.Cc1cc2cccc-2[nH]c(=O)c1C. The summed E-state index contributed by atoms with van der Waals surface area (Å²) in [6, 6.07) is 7.88. The highest BCUT2D eigenvalue weighted by Gasteiger charge is 2.03. The van der Waals surface area contributed by atoms with E-state index in [-0.39, 0.29) is 5.56 Å². The van der Waals surface area contributed by atoms with Gasteiger partial charge in [-0.2, -0.15) is 0 Å². The molecular formula is C14H19NO. The average molecular weight is 217 g/mol. The number of aryl methyl sites for hydroxylation is 1. The van der Waals surface area contributed by atoms with Crippen LogP contribution in [0.1, 0.15) is 31.4 Å². The Morgan fingerprint density at radius 3 is 2.44 bits per heavy atom. The van der Waals surface area contributed by atoms with Crippen LogP contribution in [0, 0.1) is 13.8 Å². The summed E-state index contributed by atoms with van der Waals surface area (Å²) in [5.74, 6) is 0. The molecule has 0 aromatic rings. The van der Waals surface area contributed by atoms with Crippen molar-refractivity contribution in [3.05, 3.63) is 45.7 Å². The Morgan fingerprint density at radius 2 is 1.81 bits per heavy atom. The van der Waals surface area contributed by atoms with Crippen LogP contribution in [0.4, 0.5) is 0 Å². The average Bonchev–Trinajstić information content (AvgIpc) is 2.62. The molecule has 1 aliphatic carbocycles. The Hall–Kier alpha value is -1.57. The smallest absolute Gasteiger partial charge is 0.251 e. The minimum atomic E-state index is -0.00120. The van der Waals surface area contributed by atoms with Gasteiger partial charge in [0.25, 0.3) is 5.56 Å². The van der Waals surface area contributed by atoms with Gasteiger partial charge in [0.1, 0.15) is 0 Å². The van der Waals surface area contributed by atoms with Crippen molar-refractivity contribution in [2.24, 2.45) is 0 Å². The van der Waals surface area contributed by atoms with Crippen LogP contribution in [0.2, 0.25) is 0 Å². The minimum absolute atomic E-state index is 0.00120. The molecule has 0 unspecified atom stereocenters. The second-order valence-corrected chi connectivity index (χ2v) is 4.01. The van der Waals surface area contributed by atoms with E-state index >= 15 is 0 Å². The number of aromatic nitrogens is 1. The van der Waals surface area contributed by atoms with Crippen molar-refractivity contribution in [3.8, 4) is 11.3 Å². The first-order chi connectivity index (χ1) is 7.60. The van der Waals surface area contributed by atoms with E-state index in [4.69, 9.17) is 0 Å². The molecule has 2 nitrogen and oxygen atoms in total. The number of rotatable bonds is 0. The zero-order valence-corrected chi connectivity index (χ0v) is 10.4. The van der Waals surface area contributed by atoms with E-state index in [1.165, 1.54) is 6.42 Å². The van der Waals surface area contributed by atoms with Crippen LogP contribution in [0.15, 0.2) is 29.1 Å². The van der Waals surface area contributed by atoms with E-state index in [0.29, 0.717) is 0 Å². The van der Waals surface area contributed by atoms with Gasteiger partial charge in [0.15, 0.2) is 0 Å². The zero-order chi connectivity index (χ0) is 12.1. The summed E-state index contributed by atoms with van der Waals surface area (Å²) in [6.45, 7) is 8.05. The summed E-state index contributed by atoms with van der Waals surface area (Å²) in [5, 5.41) is 0. The first kappa shape index (κ1) is 12.5. The van der Waals surface area contributed by atoms with Gasteiger partial charge in [0.05, 0.1) is 0 Å². The van der Waals surface area contributed by atoms with Crippen LogP contribution in [0.25, 0.3) is 11.3 Å². The fourth-order valence-corrected chi connectivity index (χ4v) is 1.41. The Kier molecular flexibility index (Phi) is 4.29. The third-order valence-corrected chi connectivity index (χ3v) is 2.40. The third-order valence-electron chi connectivity index (χ3n) is 2.40. The summed E-state index contributed by atoms with van der Waals surface area (Å²) in [5.41, 5.74) is 3.81. The van der Waals surface area contributed by atoms with Gasteiger partial charge in [-0.15, -0.1) is 0 Å². The molecule has 0 aromatic carbocycles. The fraction of sp³-hybridized carbons (Fsp3) is 0.357. The number of H-pyrrole nitrogens is 1. The topological polar surface area (TPSA) is 32.9 Å². The van der Waals surface area contributed by atoms with Gasteiger partial charge in [-0.05, 0) is 37.1 Å². The molecule has 0 radical (unpaired) electrons. The highest BCUT2D eigenvalue weighted by molar-refractivity contribution is 5.62. The highest BCUT2D eigenvalue weighted by atomic mass is 16.1. The fourth-order valence-electron chi connectivity index (χ4n) is 1.41. The summed E-state index contributed by atoms with van der Waals surface area (Å²) in [7, 11) is 0. The lowest BCUT2D eigenvalue weighted by molar-refractivity contribution is 1.09. The predicted molar refractivity (Wildman–Crippen MR) is 69.1 cm³/mol. The number of hydrogen-bond acceptors (Lipinski definition) is 1. The number of nitrogens with one attached hydrogen (secondary N) is 1. The van der Waals surface area contributed by atoms with Gasteiger partial charge in [0, 0.05) is 11.3 Å². The molecule has 0 saturated carbocycles. The van der Waals surface area contributed by atoms with Gasteiger partial charge in [-0.3, -0.25) is 4.79 Å². The zero-order valence-electron chi connectivity index (χ0n) is 10.4. The van der Waals surface area contributed by atoms with Crippen molar-refractivity contribution in [1.82, 2.24) is 4.98 Å².